The van der Waals surface area contributed by atoms with Gasteiger partial charge in [-0.2, -0.15) is 0 Å². The van der Waals surface area contributed by atoms with Crippen molar-refractivity contribution in [1.29, 1.82) is 0 Å². The fourth-order valence-corrected chi connectivity index (χ4v) is 5.22. The van der Waals surface area contributed by atoms with E-state index >= 15 is 0 Å². The highest BCUT2D eigenvalue weighted by Crippen LogP contribution is 2.31. The van der Waals surface area contributed by atoms with Gasteiger partial charge in [-0.15, -0.1) is 11.3 Å². The molecule has 2 aromatic carbocycles. The molecule has 1 aliphatic heterocycles. The van der Waals surface area contributed by atoms with Crippen molar-refractivity contribution in [3.05, 3.63) is 48.0 Å². The van der Waals surface area contributed by atoms with Crippen LogP contribution in [0.5, 0.6) is 5.75 Å². The number of nitrogens with zero attached hydrogens (tertiary/aromatic N) is 1. The number of carbonyl (C=O) groups is 2. The topological polar surface area (TPSA) is 89.5 Å². The van der Waals surface area contributed by atoms with E-state index in [1.54, 1.807) is 18.2 Å². The van der Waals surface area contributed by atoms with E-state index in [1.807, 2.05) is 24.3 Å². The molecule has 2 N–H and O–H groups in total. The molecule has 162 valence electrons. The summed E-state index contributed by atoms with van der Waals surface area (Å²) < 4.78 is 12.5. The fraction of sp³-hybridized carbons (Fsp3) is 0.318. The highest BCUT2D eigenvalue weighted by atomic mass is 32.2. The first-order chi connectivity index (χ1) is 15.1. The molecule has 7 nitrogen and oxygen atoms in total. The number of benzene rings is 2. The second-order valence-corrected chi connectivity index (χ2v) is 9.30. The minimum absolute atomic E-state index is 0.0236. The Bertz CT molecular complexity index is 1080. The molecule has 0 bridgehead atoms. The molecule has 3 aromatic rings. The number of hydrogen-bond acceptors (Lipinski definition) is 7. The summed E-state index contributed by atoms with van der Waals surface area (Å²) in [5.41, 5.74) is 1.99. The summed E-state index contributed by atoms with van der Waals surface area (Å²) in [4.78, 5) is 29.3. The second-order valence-electron chi connectivity index (χ2n) is 7.04. The lowest BCUT2D eigenvalue weighted by molar-refractivity contribution is -0.119. The van der Waals surface area contributed by atoms with E-state index < -0.39 is 0 Å². The standard InChI is InChI=1S/C22H23N3O4S2/c1-28-18-7-3-2-6-16(18)21(27)24-14-8-9-17-19(11-14)31-22(25-17)30-13-20(26)23-12-15-5-4-10-29-15/h2-3,6-9,11,15H,4-5,10,12-13H2,1H3,(H,23,26)(H,24,27)/t15-/m1/s1. The highest BCUT2D eigenvalue weighted by Gasteiger charge is 2.17. The SMILES string of the molecule is COc1ccccc1C(=O)Nc1ccc2nc(SCC(=O)NC[C@H]3CCCO3)sc2c1. The van der Waals surface area contributed by atoms with E-state index in [9.17, 15) is 9.59 Å². The van der Waals surface area contributed by atoms with Crippen LogP contribution in [0.3, 0.4) is 0 Å². The van der Waals surface area contributed by atoms with Gasteiger partial charge >= 0.3 is 0 Å². The van der Waals surface area contributed by atoms with E-state index in [-0.39, 0.29) is 17.9 Å². The van der Waals surface area contributed by atoms with Crippen LogP contribution < -0.4 is 15.4 Å². The summed E-state index contributed by atoms with van der Waals surface area (Å²) in [6.07, 6.45) is 2.20. The summed E-state index contributed by atoms with van der Waals surface area (Å²) in [5.74, 6) is 0.572. The van der Waals surface area contributed by atoms with E-state index in [0.717, 1.165) is 34.0 Å². The molecule has 4 rings (SSSR count). The molecule has 1 fully saturated rings. The second kappa shape index (κ2) is 10.1. The molecule has 0 saturated carbocycles. The Morgan fingerprint density at radius 1 is 1.29 bits per heavy atom. The Morgan fingerprint density at radius 2 is 2.16 bits per heavy atom. The molecular formula is C22H23N3O4S2. The quantitative estimate of drug-likeness (QED) is 0.498. The monoisotopic (exact) mass is 457 g/mol. The van der Waals surface area contributed by atoms with Gasteiger partial charge in [0.15, 0.2) is 4.34 Å². The van der Waals surface area contributed by atoms with Crippen LogP contribution >= 0.6 is 23.1 Å². The number of aromatic nitrogens is 1. The molecule has 0 spiro atoms. The number of ether oxygens (including phenoxy) is 2. The van der Waals surface area contributed by atoms with Crippen LogP contribution in [0.2, 0.25) is 0 Å². The predicted octanol–water partition coefficient (Wildman–Crippen LogP) is 3.94. The van der Waals surface area contributed by atoms with Gasteiger partial charge in [0.1, 0.15) is 5.75 Å². The Hall–Kier alpha value is -2.62. The van der Waals surface area contributed by atoms with Crippen LogP contribution in [0, 0.1) is 0 Å². The molecule has 31 heavy (non-hydrogen) atoms. The van der Waals surface area contributed by atoms with Gasteiger partial charge < -0.3 is 20.1 Å². The van der Waals surface area contributed by atoms with Crippen molar-refractivity contribution in [2.45, 2.75) is 23.3 Å². The molecule has 1 saturated heterocycles. The number of amides is 2. The van der Waals surface area contributed by atoms with Gasteiger partial charge in [0.05, 0.1) is 34.7 Å². The van der Waals surface area contributed by atoms with Crippen LogP contribution in [-0.4, -0.2) is 48.9 Å². The van der Waals surface area contributed by atoms with Crippen molar-refractivity contribution in [3.8, 4) is 5.75 Å². The third-order valence-electron chi connectivity index (χ3n) is 4.86. The zero-order chi connectivity index (χ0) is 21.6. The molecule has 9 heteroatoms. The van der Waals surface area contributed by atoms with Gasteiger partial charge in [-0.3, -0.25) is 9.59 Å². The predicted molar refractivity (Wildman–Crippen MR) is 123 cm³/mol. The highest BCUT2D eigenvalue weighted by molar-refractivity contribution is 8.01. The third kappa shape index (κ3) is 5.55. The van der Waals surface area contributed by atoms with Crippen molar-refractivity contribution in [2.24, 2.45) is 0 Å². The average molecular weight is 458 g/mol. The van der Waals surface area contributed by atoms with Gasteiger partial charge in [-0.25, -0.2) is 4.98 Å². The Labute approximate surface area is 188 Å². The first-order valence-corrected chi connectivity index (χ1v) is 11.8. The zero-order valence-corrected chi connectivity index (χ0v) is 18.7. The number of para-hydroxylation sites is 1. The molecule has 2 amide bonds. The maximum absolute atomic E-state index is 12.6. The number of carbonyl (C=O) groups excluding carboxylic acids is 2. The Morgan fingerprint density at radius 3 is 2.97 bits per heavy atom. The molecule has 1 aliphatic rings. The van der Waals surface area contributed by atoms with E-state index in [2.05, 4.69) is 15.6 Å². The third-order valence-corrected chi connectivity index (χ3v) is 7.02. The molecule has 1 aromatic heterocycles. The van der Waals surface area contributed by atoms with Gasteiger partial charge in [0, 0.05) is 18.8 Å². The lowest BCUT2D eigenvalue weighted by Gasteiger charge is -2.09. The van der Waals surface area contributed by atoms with Crippen molar-refractivity contribution in [3.63, 3.8) is 0 Å². The van der Waals surface area contributed by atoms with Crippen molar-refractivity contribution >= 4 is 50.8 Å². The first kappa shape index (κ1) is 21.6. The largest absolute Gasteiger partial charge is 0.496 e. The average Bonchev–Trinajstić information content (AvgIpc) is 3.45. The lowest BCUT2D eigenvalue weighted by Crippen LogP contribution is -2.32. The number of anilines is 1. The number of fused-ring (bicyclic) bond motifs is 1. The van der Waals surface area contributed by atoms with Gasteiger partial charge in [0.25, 0.3) is 5.91 Å². The van der Waals surface area contributed by atoms with Gasteiger partial charge in [0.2, 0.25) is 5.91 Å². The molecule has 0 radical (unpaired) electrons. The van der Waals surface area contributed by atoms with Crippen molar-refractivity contribution in [2.75, 3.05) is 31.3 Å². The molecular weight excluding hydrogens is 434 g/mol. The summed E-state index contributed by atoms with van der Waals surface area (Å²) >= 11 is 2.91. The number of methoxy groups -OCH3 is 1. The smallest absolute Gasteiger partial charge is 0.259 e. The molecule has 0 unspecified atom stereocenters. The number of hydrogen-bond donors (Lipinski definition) is 2. The minimum Gasteiger partial charge on any atom is -0.496 e. The number of thioether (sulfide) groups is 1. The van der Waals surface area contributed by atoms with Crippen LogP contribution in [0.4, 0.5) is 5.69 Å². The Balaban J connectivity index is 1.35. The van der Waals surface area contributed by atoms with E-state index in [4.69, 9.17) is 9.47 Å². The maximum atomic E-state index is 12.6. The summed E-state index contributed by atoms with van der Waals surface area (Å²) in [7, 11) is 1.54. The van der Waals surface area contributed by atoms with Crippen LogP contribution in [0.1, 0.15) is 23.2 Å². The van der Waals surface area contributed by atoms with Crippen molar-refractivity contribution < 1.29 is 19.1 Å². The fourth-order valence-electron chi connectivity index (χ4n) is 3.28. The van der Waals surface area contributed by atoms with E-state index in [1.165, 1.54) is 30.2 Å². The molecule has 2 heterocycles. The van der Waals surface area contributed by atoms with Crippen LogP contribution in [0.25, 0.3) is 10.2 Å². The van der Waals surface area contributed by atoms with Crippen molar-refractivity contribution in [1.82, 2.24) is 10.3 Å². The van der Waals surface area contributed by atoms with Crippen LogP contribution in [0.15, 0.2) is 46.8 Å². The summed E-state index contributed by atoms with van der Waals surface area (Å²) in [5, 5.41) is 5.82. The summed E-state index contributed by atoms with van der Waals surface area (Å²) in [6.45, 7) is 1.34. The lowest BCUT2D eigenvalue weighted by atomic mass is 10.2. The summed E-state index contributed by atoms with van der Waals surface area (Å²) in [6, 6.07) is 12.7. The molecule has 0 aliphatic carbocycles. The first-order valence-electron chi connectivity index (χ1n) is 9.98. The number of rotatable bonds is 8. The molecule has 1 atom stereocenters. The zero-order valence-electron chi connectivity index (χ0n) is 17.1. The van der Waals surface area contributed by atoms with Gasteiger partial charge in [-0.05, 0) is 43.2 Å². The van der Waals surface area contributed by atoms with Gasteiger partial charge in [-0.1, -0.05) is 23.9 Å². The normalized spacial score (nSPS) is 15.7. The number of thiazole rings is 1. The van der Waals surface area contributed by atoms with E-state index in [0.29, 0.717) is 29.3 Å². The maximum Gasteiger partial charge on any atom is 0.259 e. The Kier molecular flexibility index (Phi) is 7.06. The number of nitrogens with one attached hydrogen (secondary N) is 2. The minimum atomic E-state index is -0.237. The van der Waals surface area contributed by atoms with Crippen LogP contribution in [-0.2, 0) is 9.53 Å².